The van der Waals surface area contributed by atoms with Crippen LogP contribution < -0.4 is 26.1 Å². The summed E-state index contributed by atoms with van der Waals surface area (Å²) in [5.41, 5.74) is 9.08. The van der Waals surface area contributed by atoms with Crippen molar-refractivity contribution < 1.29 is 9.47 Å². The second-order valence-electron chi connectivity index (χ2n) is 4.93. The van der Waals surface area contributed by atoms with Crippen molar-refractivity contribution in [1.29, 1.82) is 0 Å². The second kappa shape index (κ2) is 7.39. The van der Waals surface area contributed by atoms with E-state index in [9.17, 15) is 0 Å². The lowest BCUT2D eigenvalue weighted by Crippen LogP contribution is -2.29. The summed E-state index contributed by atoms with van der Waals surface area (Å²) in [6.45, 7) is 1.94. The molecule has 0 heterocycles. The molecule has 0 saturated heterocycles. The summed E-state index contributed by atoms with van der Waals surface area (Å²) < 4.78 is 11.7. The molecule has 0 radical (unpaired) electrons. The number of halogens is 1. The number of nitrogens with zero attached hydrogens (tertiary/aromatic N) is 1. The molecular weight excluding hydrogens is 358 g/mol. The molecule has 5 nitrogen and oxygen atoms in total. The maximum absolute atomic E-state index is 6.24. The highest BCUT2D eigenvalue weighted by atomic mass is 79.9. The first-order chi connectivity index (χ1) is 11.0. The molecule has 6 heteroatoms. The number of anilines is 1. The predicted molar refractivity (Wildman–Crippen MR) is 97.3 cm³/mol. The summed E-state index contributed by atoms with van der Waals surface area (Å²) in [5, 5.41) is 1.53. The van der Waals surface area contributed by atoms with E-state index in [-0.39, 0.29) is 0 Å². The highest BCUT2D eigenvalue weighted by Gasteiger charge is 2.15. The summed E-state index contributed by atoms with van der Waals surface area (Å²) in [6.07, 6.45) is 1.47. The van der Waals surface area contributed by atoms with Crippen molar-refractivity contribution in [3.63, 3.8) is 0 Å². The van der Waals surface area contributed by atoms with Gasteiger partial charge in [0.25, 0.3) is 0 Å². The smallest absolute Gasteiger partial charge is 0.163 e. The third kappa shape index (κ3) is 3.60. The molecule has 0 aliphatic carbocycles. The van der Waals surface area contributed by atoms with Gasteiger partial charge in [0.05, 0.1) is 25.6 Å². The first-order valence-corrected chi connectivity index (χ1v) is 7.76. The Labute approximate surface area is 144 Å². The van der Waals surface area contributed by atoms with E-state index >= 15 is 0 Å². The van der Waals surface area contributed by atoms with Crippen LogP contribution >= 0.6 is 15.9 Å². The molecule has 0 fully saturated rings. The summed E-state index contributed by atoms with van der Waals surface area (Å²) in [4.78, 5) is 0. The Hall–Kier alpha value is -2.18. The normalized spacial score (nSPS) is 11.3. The molecule has 0 amide bonds. The van der Waals surface area contributed by atoms with Crippen molar-refractivity contribution in [2.24, 2.45) is 11.6 Å². The Kier molecular flexibility index (Phi) is 5.52. The number of hydrogen-bond donors (Lipinski definition) is 2. The lowest BCUT2D eigenvalue weighted by Gasteiger charge is -2.23. The topological polar surface area (TPSA) is 73.7 Å². The van der Waals surface area contributed by atoms with Crippen molar-refractivity contribution in [2.45, 2.75) is 6.92 Å². The Morgan fingerprint density at radius 2 is 1.78 bits per heavy atom. The Bertz CT molecular complexity index is 715. The fourth-order valence-corrected chi connectivity index (χ4v) is 2.62. The molecule has 0 atom stereocenters. The monoisotopic (exact) mass is 377 g/mol. The van der Waals surface area contributed by atoms with Crippen molar-refractivity contribution in [3.05, 3.63) is 58.2 Å². The van der Waals surface area contributed by atoms with Gasteiger partial charge in [0.2, 0.25) is 0 Å². The van der Waals surface area contributed by atoms with E-state index in [1.54, 1.807) is 14.2 Å². The molecule has 122 valence electrons. The highest BCUT2D eigenvalue weighted by Crippen LogP contribution is 2.35. The van der Waals surface area contributed by atoms with Crippen LogP contribution in [0.4, 0.5) is 5.69 Å². The number of hydrazine groups is 1. The van der Waals surface area contributed by atoms with Gasteiger partial charge in [0.15, 0.2) is 11.5 Å². The van der Waals surface area contributed by atoms with E-state index in [0.717, 1.165) is 21.3 Å². The van der Waals surface area contributed by atoms with Crippen LogP contribution in [0.2, 0.25) is 0 Å². The predicted octanol–water partition coefficient (Wildman–Crippen LogP) is 3.41. The molecule has 23 heavy (non-hydrogen) atoms. The molecule has 0 unspecified atom stereocenters. The van der Waals surface area contributed by atoms with Gasteiger partial charge in [-0.2, -0.15) is 0 Å². The van der Waals surface area contributed by atoms with E-state index in [0.29, 0.717) is 17.2 Å². The van der Waals surface area contributed by atoms with Crippen LogP contribution in [-0.2, 0) is 0 Å². The van der Waals surface area contributed by atoms with Gasteiger partial charge in [0, 0.05) is 16.2 Å². The summed E-state index contributed by atoms with van der Waals surface area (Å²) in [5.74, 6) is 7.57. The molecule has 2 rings (SSSR count). The number of ether oxygens (including phenoxy) is 2. The zero-order chi connectivity index (χ0) is 17.0. The standard InChI is InChI=1S/C17H20BrN3O2/c1-11-8-12(9-16(22-2)17(11)23-3)15(10-19)21(20)14-6-4-13(18)5-7-14/h4-10H,19-20H2,1-3H3/b15-10-. The molecule has 2 aromatic carbocycles. The molecular formula is C17H20BrN3O2. The molecule has 0 saturated carbocycles. The maximum atomic E-state index is 6.24. The first kappa shape index (κ1) is 17.2. The van der Waals surface area contributed by atoms with Gasteiger partial charge < -0.3 is 15.2 Å². The fourth-order valence-electron chi connectivity index (χ4n) is 2.36. The molecule has 2 aromatic rings. The average Bonchev–Trinajstić information content (AvgIpc) is 2.55. The van der Waals surface area contributed by atoms with Gasteiger partial charge >= 0.3 is 0 Å². The molecule has 0 aromatic heterocycles. The third-order valence-corrected chi connectivity index (χ3v) is 4.01. The Morgan fingerprint density at radius 3 is 2.30 bits per heavy atom. The van der Waals surface area contributed by atoms with Crippen LogP contribution in [0.5, 0.6) is 11.5 Å². The van der Waals surface area contributed by atoms with E-state index in [4.69, 9.17) is 21.1 Å². The van der Waals surface area contributed by atoms with Gasteiger partial charge in [-0.3, -0.25) is 5.01 Å². The molecule has 4 N–H and O–H groups in total. The van der Waals surface area contributed by atoms with E-state index in [1.807, 2.05) is 43.3 Å². The molecule has 0 bridgehead atoms. The van der Waals surface area contributed by atoms with Crippen LogP contribution in [-0.4, -0.2) is 14.2 Å². The van der Waals surface area contributed by atoms with Crippen LogP contribution in [0.1, 0.15) is 11.1 Å². The zero-order valence-corrected chi connectivity index (χ0v) is 14.9. The van der Waals surface area contributed by atoms with E-state index in [2.05, 4.69) is 15.9 Å². The first-order valence-electron chi connectivity index (χ1n) is 6.97. The average molecular weight is 378 g/mol. The lowest BCUT2D eigenvalue weighted by atomic mass is 10.1. The number of benzene rings is 2. The van der Waals surface area contributed by atoms with Crippen LogP contribution in [0.25, 0.3) is 5.70 Å². The Morgan fingerprint density at radius 1 is 1.13 bits per heavy atom. The minimum Gasteiger partial charge on any atom is -0.493 e. The van der Waals surface area contributed by atoms with Gasteiger partial charge in [-0.25, -0.2) is 5.84 Å². The van der Waals surface area contributed by atoms with Crippen LogP contribution in [0.15, 0.2) is 47.1 Å². The van der Waals surface area contributed by atoms with Gasteiger partial charge in [0.1, 0.15) is 0 Å². The quantitative estimate of drug-likeness (QED) is 0.616. The van der Waals surface area contributed by atoms with Crippen molar-refractivity contribution in [1.82, 2.24) is 0 Å². The lowest BCUT2D eigenvalue weighted by molar-refractivity contribution is 0.353. The van der Waals surface area contributed by atoms with Gasteiger partial charge in [-0.15, -0.1) is 0 Å². The van der Waals surface area contributed by atoms with Crippen molar-refractivity contribution in [2.75, 3.05) is 19.2 Å². The third-order valence-electron chi connectivity index (χ3n) is 3.48. The molecule has 0 aliphatic heterocycles. The van der Waals surface area contributed by atoms with Crippen LogP contribution in [0.3, 0.4) is 0 Å². The second-order valence-corrected chi connectivity index (χ2v) is 5.84. The largest absolute Gasteiger partial charge is 0.493 e. The number of aryl methyl sites for hydroxylation is 1. The zero-order valence-electron chi connectivity index (χ0n) is 13.3. The number of rotatable bonds is 5. The summed E-state index contributed by atoms with van der Waals surface area (Å²) in [6, 6.07) is 11.5. The highest BCUT2D eigenvalue weighted by molar-refractivity contribution is 9.10. The molecule has 0 spiro atoms. The minimum atomic E-state index is 0.631. The van der Waals surface area contributed by atoms with Crippen molar-refractivity contribution in [3.8, 4) is 11.5 Å². The number of methoxy groups -OCH3 is 2. The maximum Gasteiger partial charge on any atom is 0.163 e. The van der Waals surface area contributed by atoms with Crippen LogP contribution in [0, 0.1) is 6.92 Å². The summed E-state index contributed by atoms with van der Waals surface area (Å²) in [7, 11) is 3.21. The fraction of sp³-hybridized carbons (Fsp3) is 0.176. The van der Waals surface area contributed by atoms with Gasteiger partial charge in [-0.05, 0) is 48.9 Å². The molecule has 0 aliphatic rings. The number of hydrogen-bond acceptors (Lipinski definition) is 5. The van der Waals surface area contributed by atoms with E-state index < -0.39 is 0 Å². The van der Waals surface area contributed by atoms with E-state index in [1.165, 1.54) is 11.2 Å². The SMILES string of the molecule is COc1cc(/C(=C/N)N(N)c2ccc(Br)cc2)cc(C)c1OC. The van der Waals surface area contributed by atoms with Crippen molar-refractivity contribution >= 4 is 27.3 Å². The minimum absolute atomic E-state index is 0.631. The Balaban J connectivity index is 2.45. The van der Waals surface area contributed by atoms with Gasteiger partial charge in [-0.1, -0.05) is 15.9 Å². The summed E-state index contributed by atoms with van der Waals surface area (Å²) >= 11 is 3.41. The number of nitrogens with two attached hydrogens (primary N) is 2.